The van der Waals surface area contributed by atoms with Crippen LogP contribution in [0.2, 0.25) is 0 Å². The Morgan fingerprint density at radius 3 is 2.39 bits per heavy atom. The number of amides is 2. The van der Waals surface area contributed by atoms with Gasteiger partial charge in [0.05, 0.1) is 24.8 Å². The molecule has 1 N–H and O–H groups in total. The number of thiophene rings is 1. The zero-order valence-corrected chi connectivity index (χ0v) is 20.9. The maximum absolute atomic E-state index is 15.1. The van der Waals surface area contributed by atoms with Gasteiger partial charge in [0.25, 0.3) is 0 Å². The highest BCUT2D eigenvalue weighted by atomic mass is 32.1. The van der Waals surface area contributed by atoms with Gasteiger partial charge in [-0.15, -0.1) is 11.3 Å². The van der Waals surface area contributed by atoms with Crippen LogP contribution in [0.1, 0.15) is 58.9 Å². The Bertz CT molecular complexity index is 1190. The van der Waals surface area contributed by atoms with E-state index in [0.717, 1.165) is 37.0 Å². The first-order chi connectivity index (χ1) is 17.5. The van der Waals surface area contributed by atoms with Crippen molar-refractivity contribution in [2.45, 2.75) is 50.6 Å². The van der Waals surface area contributed by atoms with Crippen molar-refractivity contribution in [1.29, 1.82) is 0 Å². The molecular formula is C28H29FN2O4S. The number of methoxy groups -OCH3 is 1. The lowest BCUT2D eigenvalue weighted by Gasteiger charge is -2.33. The molecule has 1 saturated carbocycles. The summed E-state index contributed by atoms with van der Waals surface area (Å²) >= 11 is 1.43. The van der Waals surface area contributed by atoms with Crippen molar-refractivity contribution in [2.24, 2.45) is 0 Å². The molecule has 1 heterocycles. The molecule has 1 unspecified atom stereocenters. The van der Waals surface area contributed by atoms with Gasteiger partial charge in [-0.2, -0.15) is 0 Å². The molecule has 0 saturated heterocycles. The number of rotatable bonds is 8. The van der Waals surface area contributed by atoms with Crippen molar-refractivity contribution in [2.75, 3.05) is 12.0 Å². The van der Waals surface area contributed by atoms with E-state index in [1.807, 2.05) is 17.5 Å². The summed E-state index contributed by atoms with van der Waals surface area (Å²) in [5.41, 5.74) is 0.814. The van der Waals surface area contributed by atoms with Crippen molar-refractivity contribution in [3.8, 4) is 0 Å². The number of nitrogens with zero attached hydrogens (tertiary/aromatic N) is 1. The Morgan fingerprint density at radius 2 is 1.75 bits per heavy atom. The highest BCUT2D eigenvalue weighted by Crippen LogP contribution is 2.32. The quantitative estimate of drug-likeness (QED) is 0.411. The molecule has 6 nitrogen and oxygen atoms in total. The van der Waals surface area contributed by atoms with Gasteiger partial charge in [0.2, 0.25) is 11.8 Å². The maximum atomic E-state index is 15.1. The smallest absolute Gasteiger partial charge is 0.337 e. The fourth-order valence-electron chi connectivity index (χ4n) is 4.58. The third-order valence-electron chi connectivity index (χ3n) is 6.39. The number of ether oxygens (including phenoxy) is 1. The summed E-state index contributed by atoms with van der Waals surface area (Å²) in [6.07, 6.45) is 4.94. The van der Waals surface area contributed by atoms with E-state index in [2.05, 4.69) is 5.32 Å². The van der Waals surface area contributed by atoms with E-state index in [1.165, 1.54) is 35.5 Å². The van der Waals surface area contributed by atoms with Crippen molar-refractivity contribution in [3.05, 3.63) is 87.9 Å². The molecule has 4 rings (SSSR count). The maximum Gasteiger partial charge on any atom is 0.337 e. The van der Waals surface area contributed by atoms with Crippen LogP contribution in [0.4, 0.5) is 10.1 Å². The molecule has 0 aliphatic heterocycles. The van der Waals surface area contributed by atoms with Gasteiger partial charge in [-0.25, -0.2) is 9.18 Å². The molecule has 2 aromatic carbocycles. The Labute approximate surface area is 214 Å². The third kappa shape index (κ3) is 5.99. The van der Waals surface area contributed by atoms with Gasteiger partial charge in [-0.05, 0) is 54.1 Å². The van der Waals surface area contributed by atoms with Gasteiger partial charge in [0.15, 0.2) is 0 Å². The second kappa shape index (κ2) is 11.9. The number of anilines is 1. The van der Waals surface area contributed by atoms with Crippen LogP contribution in [0.5, 0.6) is 0 Å². The lowest BCUT2D eigenvalue weighted by molar-refractivity contribution is -0.127. The predicted octanol–water partition coefficient (Wildman–Crippen LogP) is 5.44. The minimum atomic E-state index is -1.12. The van der Waals surface area contributed by atoms with Gasteiger partial charge < -0.3 is 10.1 Å². The number of para-hydroxylation sites is 1. The van der Waals surface area contributed by atoms with Crippen LogP contribution in [-0.4, -0.2) is 30.9 Å². The van der Waals surface area contributed by atoms with E-state index in [4.69, 9.17) is 4.74 Å². The first kappa shape index (κ1) is 25.6. The molecule has 3 aromatic rings. The summed E-state index contributed by atoms with van der Waals surface area (Å²) in [5, 5.41) is 4.98. The lowest BCUT2D eigenvalue weighted by Crippen LogP contribution is -2.48. The molecular weight excluding hydrogens is 479 g/mol. The van der Waals surface area contributed by atoms with Crippen molar-refractivity contribution in [3.63, 3.8) is 0 Å². The van der Waals surface area contributed by atoms with Crippen LogP contribution in [0, 0.1) is 5.82 Å². The summed E-state index contributed by atoms with van der Waals surface area (Å²) in [6.45, 7) is 0. The molecule has 36 heavy (non-hydrogen) atoms. The average Bonchev–Trinajstić information content (AvgIpc) is 3.41. The van der Waals surface area contributed by atoms with Gasteiger partial charge in [0.1, 0.15) is 11.9 Å². The molecule has 1 aliphatic carbocycles. The molecule has 1 fully saturated rings. The summed E-state index contributed by atoms with van der Waals surface area (Å²) in [7, 11) is 1.29. The zero-order valence-electron chi connectivity index (χ0n) is 20.1. The Hall–Kier alpha value is -3.52. The molecule has 1 atom stereocenters. The van der Waals surface area contributed by atoms with Gasteiger partial charge in [0, 0.05) is 10.9 Å². The first-order valence-corrected chi connectivity index (χ1v) is 12.9. The van der Waals surface area contributed by atoms with Crippen molar-refractivity contribution >= 4 is 34.8 Å². The average molecular weight is 509 g/mol. The van der Waals surface area contributed by atoms with Crippen LogP contribution in [0.15, 0.2) is 66.0 Å². The van der Waals surface area contributed by atoms with Gasteiger partial charge >= 0.3 is 5.97 Å². The molecule has 0 radical (unpaired) electrons. The van der Waals surface area contributed by atoms with Crippen LogP contribution < -0.4 is 10.2 Å². The Balaban J connectivity index is 1.77. The van der Waals surface area contributed by atoms with E-state index in [0.29, 0.717) is 11.1 Å². The van der Waals surface area contributed by atoms with Crippen LogP contribution >= 0.6 is 11.3 Å². The van der Waals surface area contributed by atoms with Crippen LogP contribution in [0.25, 0.3) is 0 Å². The van der Waals surface area contributed by atoms with Crippen molar-refractivity contribution in [1.82, 2.24) is 5.32 Å². The largest absolute Gasteiger partial charge is 0.465 e. The number of carbonyl (C=O) groups excluding carboxylic acids is 3. The highest BCUT2D eigenvalue weighted by molar-refractivity contribution is 7.10. The molecule has 188 valence electrons. The third-order valence-corrected chi connectivity index (χ3v) is 7.27. The normalized spacial score (nSPS) is 14.6. The number of carbonyl (C=O) groups is 3. The van der Waals surface area contributed by atoms with Gasteiger partial charge in [-0.3, -0.25) is 14.5 Å². The second-order valence-electron chi connectivity index (χ2n) is 8.83. The fraction of sp³-hybridized carbons (Fsp3) is 0.321. The molecule has 2 amide bonds. The fourth-order valence-corrected chi connectivity index (χ4v) is 5.27. The number of nitrogens with one attached hydrogen (secondary N) is 1. The minimum Gasteiger partial charge on any atom is -0.465 e. The van der Waals surface area contributed by atoms with Crippen molar-refractivity contribution < 1.29 is 23.5 Å². The monoisotopic (exact) mass is 508 g/mol. The SMILES string of the molecule is COC(=O)c1ccc(C(C(=O)NC2CCCCC2)N(C(=O)Cc2cccs2)c2ccccc2F)cc1. The molecule has 0 bridgehead atoms. The van der Waals surface area contributed by atoms with E-state index in [9.17, 15) is 14.4 Å². The molecule has 1 aromatic heterocycles. The number of hydrogen-bond acceptors (Lipinski definition) is 5. The molecule has 8 heteroatoms. The number of halogens is 1. The van der Waals surface area contributed by atoms with Crippen LogP contribution in [0.3, 0.4) is 0 Å². The minimum absolute atomic E-state index is 0.00189. The number of benzene rings is 2. The zero-order chi connectivity index (χ0) is 25.5. The standard InChI is InChI=1S/C28H29FN2O4S/c1-35-28(34)20-15-13-19(14-16-20)26(27(33)30-21-8-3-2-4-9-21)31(24-12-6-5-11-23(24)29)25(32)18-22-10-7-17-36-22/h5-7,10-17,21,26H,2-4,8-9,18H2,1H3,(H,30,33). The predicted molar refractivity (Wildman–Crippen MR) is 137 cm³/mol. The van der Waals surface area contributed by atoms with E-state index in [1.54, 1.807) is 36.4 Å². The van der Waals surface area contributed by atoms with E-state index >= 15 is 4.39 Å². The highest BCUT2D eigenvalue weighted by Gasteiger charge is 2.35. The Kier molecular flexibility index (Phi) is 8.48. The first-order valence-electron chi connectivity index (χ1n) is 12.1. The second-order valence-corrected chi connectivity index (χ2v) is 9.86. The van der Waals surface area contributed by atoms with Gasteiger partial charge in [-0.1, -0.05) is 49.6 Å². The Morgan fingerprint density at radius 1 is 1.03 bits per heavy atom. The summed E-state index contributed by atoms with van der Waals surface area (Å²) in [4.78, 5) is 41.5. The molecule has 0 spiro atoms. The number of hydrogen-bond donors (Lipinski definition) is 1. The summed E-state index contributed by atoms with van der Waals surface area (Å²) in [6, 6.07) is 14.8. The summed E-state index contributed by atoms with van der Waals surface area (Å²) in [5.74, 6) is -1.89. The molecule has 1 aliphatic rings. The van der Waals surface area contributed by atoms with Crippen LogP contribution in [-0.2, 0) is 20.7 Å². The lowest BCUT2D eigenvalue weighted by atomic mass is 9.94. The van der Waals surface area contributed by atoms with E-state index < -0.39 is 23.7 Å². The number of esters is 1. The topological polar surface area (TPSA) is 75.7 Å². The summed E-state index contributed by atoms with van der Waals surface area (Å²) < 4.78 is 19.9. The van der Waals surface area contributed by atoms with E-state index in [-0.39, 0.29) is 24.1 Å².